The van der Waals surface area contributed by atoms with Crippen LogP contribution in [0.3, 0.4) is 0 Å². The number of nitrogens with two attached hydrogens (primary N) is 1. The molecule has 0 aliphatic carbocycles. The van der Waals surface area contributed by atoms with E-state index in [-0.39, 0.29) is 5.97 Å². The second kappa shape index (κ2) is 8.46. The smallest absolute Gasteiger partial charge is 0.306 e. The van der Waals surface area contributed by atoms with Crippen LogP contribution in [0.2, 0.25) is 0 Å². The van der Waals surface area contributed by atoms with Gasteiger partial charge in [-0.3, -0.25) is 4.79 Å². The van der Waals surface area contributed by atoms with Gasteiger partial charge in [-0.25, -0.2) is 0 Å². The van der Waals surface area contributed by atoms with Crippen LogP contribution in [0, 0.1) is 0 Å². The predicted molar refractivity (Wildman–Crippen MR) is 89.8 cm³/mol. The van der Waals surface area contributed by atoms with Crippen molar-refractivity contribution in [2.24, 2.45) is 5.73 Å². The minimum Gasteiger partial charge on any atom is -0.466 e. The van der Waals surface area contributed by atoms with Crippen molar-refractivity contribution < 1.29 is 14.6 Å². The van der Waals surface area contributed by atoms with Crippen LogP contribution in [-0.2, 0) is 22.5 Å². The summed E-state index contributed by atoms with van der Waals surface area (Å²) < 4.78 is 4.91. The highest BCUT2D eigenvalue weighted by Gasteiger charge is 2.10. The highest BCUT2D eigenvalue weighted by Crippen LogP contribution is 2.22. The van der Waals surface area contributed by atoms with Crippen molar-refractivity contribution in [2.45, 2.75) is 32.4 Å². The third-order valence-corrected chi connectivity index (χ3v) is 3.75. The quantitative estimate of drug-likeness (QED) is 0.771. The minimum absolute atomic E-state index is 0.184. The van der Waals surface area contributed by atoms with Gasteiger partial charge in [-0.1, -0.05) is 48.5 Å². The molecule has 2 rings (SSSR count). The van der Waals surface area contributed by atoms with Crippen molar-refractivity contribution in [1.82, 2.24) is 0 Å². The molecule has 0 spiro atoms. The van der Waals surface area contributed by atoms with Crippen molar-refractivity contribution in [1.29, 1.82) is 0 Å². The lowest BCUT2D eigenvalue weighted by Crippen LogP contribution is -2.05. The molecule has 0 aliphatic heterocycles. The van der Waals surface area contributed by atoms with Gasteiger partial charge in [0.15, 0.2) is 0 Å². The van der Waals surface area contributed by atoms with Gasteiger partial charge < -0.3 is 15.6 Å². The molecule has 0 aromatic heterocycles. The van der Waals surface area contributed by atoms with Crippen LogP contribution >= 0.6 is 0 Å². The van der Waals surface area contributed by atoms with E-state index in [0.717, 1.165) is 22.3 Å². The molecule has 4 heteroatoms. The Kier molecular flexibility index (Phi) is 6.32. The third kappa shape index (κ3) is 4.91. The number of carbonyl (C=O) groups excluding carboxylic acids is 1. The monoisotopic (exact) mass is 313 g/mol. The van der Waals surface area contributed by atoms with Gasteiger partial charge >= 0.3 is 5.97 Å². The number of carbonyl (C=O) groups is 1. The summed E-state index contributed by atoms with van der Waals surface area (Å²) in [5.74, 6) is -0.184. The van der Waals surface area contributed by atoms with Crippen molar-refractivity contribution >= 4 is 5.97 Å². The van der Waals surface area contributed by atoms with Crippen molar-refractivity contribution in [3.63, 3.8) is 0 Å². The first kappa shape index (κ1) is 17.2. The number of ether oxygens (including phenoxy) is 1. The normalized spacial score (nSPS) is 12.0. The Morgan fingerprint density at radius 1 is 1.04 bits per heavy atom. The molecule has 0 bridgehead atoms. The fraction of sp³-hybridized carbons (Fsp3) is 0.316. The lowest BCUT2D eigenvalue weighted by atomic mass is 9.98. The van der Waals surface area contributed by atoms with E-state index < -0.39 is 6.10 Å². The zero-order chi connectivity index (χ0) is 16.7. The maximum atomic E-state index is 11.4. The first-order chi connectivity index (χ1) is 11.1. The number of hydrogen-bond acceptors (Lipinski definition) is 4. The van der Waals surface area contributed by atoms with Gasteiger partial charge in [-0.05, 0) is 35.6 Å². The standard InChI is InChI=1S/C19H23NO3/c1-2-23-18(21)12-7-14-3-8-16(9-4-14)19(22)17-10-5-15(13-20)6-11-17/h3-6,8-11,19,22H,2,7,12-13,20H2,1H3. The molecule has 2 aromatic carbocycles. The van der Waals surface area contributed by atoms with Gasteiger partial charge in [0.2, 0.25) is 0 Å². The maximum Gasteiger partial charge on any atom is 0.306 e. The van der Waals surface area contributed by atoms with E-state index in [1.54, 1.807) is 6.92 Å². The minimum atomic E-state index is -0.666. The number of aryl methyl sites for hydroxylation is 1. The summed E-state index contributed by atoms with van der Waals surface area (Å²) in [7, 11) is 0. The summed E-state index contributed by atoms with van der Waals surface area (Å²) in [6.45, 7) is 2.70. The molecule has 3 N–H and O–H groups in total. The number of rotatable bonds is 7. The van der Waals surface area contributed by atoms with Crippen molar-refractivity contribution in [3.05, 3.63) is 70.8 Å². The van der Waals surface area contributed by atoms with E-state index in [2.05, 4.69) is 0 Å². The Bertz CT molecular complexity index is 620. The van der Waals surface area contributed by atoms with Gasteiger partial charge in [0.25, 0.3) is 0 Å². The molecule has 1 atom stereocenters. The lowest BCUT2D eigenvalue weighted by Gasteiger charge is -2.13. The SMILES string of the molecule is CCOC(=O)CCc1ccc(C(O)c2ccc(CN)cc2)cc1. The van der Waals surface area contributed by atoms with Crippen molar-refractivity contribution in [2.75, 3.05) is 6.61 Å². The molecule has 0 saturated carbocycles. The topological polar surface area (TPSA) is 72.5 Å². The third-order valence-electron chi connectivity index (χ3n) is 3.75. The highest BCUT2D eigenvalue weighted by molar-refractivity contribution is 5.69. The Morgan fingerprint density at radius 2 is 1.57 bits per heavy atom. The van der Waals surface area contributed by atoms with Gasteiger partial charge in [0, 0.05) is 13.0 Å². The summed E-state index contributed by atoms with van der Waals surface area (Å²) >= 11 is 0. The fourth-order valence-corrected chi connectivity index (χ4v) is 2.37. The van der Waals surface area contributed by atoms with E-state index in [0.29, 0.717) is 26.0 Å². The number of aliphatic hydroxyl groups excluding tert-OH is 1. The average molecular weight is 313 g/mol. The Labute approximate surface area is 136 Å². The van der Waals surface area contributed by atoms with Crippen LogP contribution in [-0.4, -0.2) is 17.7 Å². The van der Waals surface area contributed by atoms with Gasteiger partial charge in [-0.2, -0.15) is 0 Å². The molecule has 23 heavy (non-hydrogen) atoms. The van der Waals surface area contributed by atoms with Gasteiger partial charge in [0.1, 0.15) is 6.10 Å². The van der Waals surface area contributed by atoms with Crippen molar-refractivity contribution in [3.8, 4) is 0 Å². The summed E-state index contributed by atoms with van der Waals surface area (Å²) in [4.78, 5) is 11.4. The molecular weight excluding hydrogens is 290 g/mol. The average Bonchev–Trinajstić information content (AvgIpc) is 2.60. The second-order valence-corrected chi connectivity index (χ2v) is 5.39. The van der Waals surface area contributed by atoms with E-state index in [1.165, 1.54) is 0 Å². The Morgan fingerprint density at radius 3 is 2.04 bits per heavy atom. The second-order valence-electron chi connectivity index (χ2n) is 5.39. The molecule has 0 fully saturated rings. The molecule has 0 radical (unpaired) electrons. The molecule has 0 aliphatic rings. The van der Waals surface area contributed by atoms with Crippen LogP contribution in [0.4, 0.5) is 0 Å². The molecule has 122 valence electrons. The highest BCUT2D eigenvalue weighted by atomic mass is 16.5. The molecule has 2 aromatic rings. The maximum absolute atomic E-state index is 11.4. The van der Waals surface area contributed by atoms with Gasteiger partial charge in [0.05, 0.1) is 6.61 Å². The largest absolute Gasteiger partial charge is 0.466 e. The van der Waals surface area contributed by atoms with E-state index in [4.69, 9.17) is 10.5 Å². The number of hydrogen-bond donors (Lipinski definition) is 2. The Hall–Kier alpha value is -2.17. The summed E-state index contributed by atoms with van der Waals surface area (Å²) in [6.07, 6.45) is 0.345. The van der Waals surface area contributed by atoms with Crippen LogP contribution in [0.25, 0.3) is 0 Å². The number of benzene rings is 2. The zero-order valence-corrected chi connectivity index (χ0v) is 13.4. The molecule has 0 saturated heterocycles. The molecule has 1 unspecified atom stereocenters. The molecule has 4 nitrogen and oxygen atoms in total. The summed E-state index contributed by atoms with van der Waals surface area (Å²) in [5.41, 5.74) is 9.32. The van der Waals surface area contributed by atoms with Gasteiger partial charge in [-0.15, -0.1) is 0 Å². The zero-order valence-electron chi connectivity index (χ0n) is 13.4. The number of aliphatic hydroxyl groups is 1. The lowest BCUT2D eigenvalue weighted by molar-refractivity contribution is -0.143. The Balaban J connectivity index is 1.99. The van der Waals surface area contributed by atoms with E-state index in [9.17, 15) is 9.90 Å². The molecule has 0 heterocycles. The van der Waals surface area contributed by atoms with Crippen LogP contribution in [0.1, 0.15) is 41.7 Å². The first-order valence-corrected chi connectivity index (χ1v) is 7.85. The van der Waals surface area contributed by atoms with Crippen LogP contribution in [0.15, 0.2) is 48.5 Å². The predicted octanol–water partition coefficient (Wildman–Crippen LogP) is 2.72. The summed E-state index contributed by atoms with van der Waals surface area (Å²) in [5, 5.41) is 10.4. The van der Waals surface area contributed by atoms with E-state index >= 15 is 0 Å². The summed E-state index contributed by atoms with van der Waals surface area (Å²) in [6, 6.07) is 15.3. The fourth-order valence-electron chi connectivity index (χ4n) is 2.37. The van der Waals surface area contributed by atoms with Crippen LogP contribution in [0.5, 0.6) is 0 Å². The molecular formula is C19H23NO3. The first-order valence-electron chi connectivity index (χ1n) is 7.85. The van der Waals surface area contributed by atoms with Crippen LogP contribution < -0.4 is 5.73 Å². The number of esters is 1. The molecule has 0 amide bonds. The van der Waals surface area contributed by atoms with E-state index in [1.807, 2.05) is 48.5 Å².